The van der Waals surface area contributed by atoms with Crippen LogP contribution in [0.2, 0.25) is 0 Å². The molecule has 0 spiro atoms. The number of hydrogen-bond donors (Lipinski definition) is 0. The highest BCUT2D eigenvalue weighted by molar-refractivity contribution is 6.61. The molecule has 7 heteroatoms. The highest BCUT2D eigenvalue weighted by atomic mass is 16.6. The van der Waals surface area contributed by atoms with Crippen LogP contribution in [0.1, 0.15) is 34.6 Å². The summed E-state index contributed by atoms with van der Waals surface area (Å²) in [6, 6.07) is 4.62. The van der Waals surface area contributed by atoms with Crippen LogP contribution < -0.4 is 5.46 Å². The molecule has 0 saturated carbocycles. The maximum Gasteiger partial charge on any atom is 0.493 e. The normalized spacial score (nSPS) is 17.0. The predicted molar refractivity (Wildman–Crippen MR) is 80.2 cm³/mol. The van der Waals surface area contributed by atoms with E-state index in [1.165, 1.54) is 20.3 Å². The van der Waals surface area contributed by atoms with Gasteiger partial charge in [-0.25, -0.2) is 9.59 Å². The molecule has 2 rings (SSSR count). The molecular weight excluding hydrogens is 287 g/mol. The van der Waals surface area contributed by atoms with E-state index in [9.17, 15) is 9.59 Å². The van der Waals surface area contributed by atoms with Gasteiger partial charge in [0.05, 0.1) is 25.3 Å². The summed E-state index contributed by atoms with van der Waals surface area (Å²) >= 11 is 0. The van der Waals surface area contributed by atoms with Gasteiger partial charge in [0.2, 0.25) is 0 Å². The summed E-state index contributed by atoms with van der Waals surface area (Å²) < 4.78 is 20.8. The molecule has 1 aliphatic rings. The molecule has 0 amide bonds. The smallest absolute Gasteiger partial charge is 0.465 e. The lowest BCUT2D eigenvalue weighted by Gasteiger charge is -2.33. The lowest BCUT2D eigenvalue weighted by molar-refractivity contribution is 0.0343. The average Bonchev–Trinajstić information content (AvgIpc) is 2.52. The van der Waals surface area contributed by atoms with E-state index in [-0.39, 0.29) is 16.5 Å². The highest BCUT2D eigenvalue weighted by Gasteiger charge is 2.34. The molecule has 1 heterocycles. The van der Waals surface area contributed by atoms with Gasteiger partial charge in [0.1, 0.15) is 0 Å². The van der Waals surface area contributed by atoms with Gasteiger partial charge >= 0.3 is 19.1 Å². The van der Waals surface area contributed by atoms with Gasteiger partial charge in [-0.15, -0.1) is 0 Å². The zero-order valence-electron chi connectivity index (χ0n) is 13.2. The first-order valence-electron chi connectivity index (χ1n) is 6.91. The highest BCUT2D eigenvalue weighted by Crippen LogP contribution is 2.21. The minimum absolute atomic E-state index is 0.0678. The summed E-state index contributed by atoms with van der Waals surface area (Å²) in [5.41, 5.74) is 1.01. The lowest BCUT2D eigenvalue weighted by Crippen LogP contribution is -2.47. The van der Waals surface area contributed by atoms with Crippen molar-refractivity contribution in [2.75, 3.05) is 27.4 Å². The molecular formula is C15H19BO6. The minimum Gasteiger partial charge on any atom is -0.465 e. The van der Waals surface area contributed by atoms with Gasteiger partial charge < -0.3 is 18.8 Å². The molecule has 0 aromatic heterocycles. The van der Waals surface area contributed by atoms with E-state index in [2.05, 4.69) is 0 Å². The minimum atomic E-state index is -0.624. The van der Waals surface area contributed by atoms with Crippen LogP contribution in [0.4, 0.5) is 0 Å². The fourth-order valence-electron chi connectivity index (χ4n) is 2.14. The molecule has 1 aliphatic heterocycles. The molecule has 0 atom stereocenters. The van der Waals surface area contributed by atoms with Gasteiger partial charge in [0, 0.05) is 18.6 Å². The van der Waals surface area contributed by atoms with Crippen LogP contribution in [0.25, 0.3) is 0 Å². The monoisotopic (exact) mass is 306 g/mol. The van der Waals surface area contributed by atoms with Crippen LogP contribution in [0, 0.1) is 5.41 Å². The second-order valence-corrected chi connectivity index (χ2v) is 5.95. The molecule has 6 nitrogen and oxygen atoms in total. The third kappa shape index (κ3) is 3.67. The van der Waals surface area contributed by atoms with Crippen LogP contribution in [0.15, 0.2) is 18.2 Å². The van der Waals surface area contributed by atoms with Gasteiger partial charge in [0.15, 0.2) is 0 Å². The van der Waals surface area contributed by atoms with E-state index >= 15 is 0 Å². The van der Waals surface area contributed by atoms with E-state index < -0.39 is 19.1 Å². The molecule has 0 bridgehead atoms. The average molecular weight is 306 g/mol. The van der Waals surface area contributed by atoms with Crippen LogP contribution in [-0.2, 0) is 18.8 Å². The maximum atomic E-state index is 11.8. The van der Waals surface area contributed by atoms with E-state index in [1.807, 2.05) is 13.8 Å². The Morgan fingerprint density at radius 3 is 1.86 bits per heavy atom. The number of ether oxygens (including phenoxy) is 2. The van der Waals surface area contributed by atoms with Crippen molar-refractivity contribution in [3.63, 3.8) is 0 Å². The number of methoxy groups -OCH3 is 2. The largest absolute Gasteiger partial charge is 0.493 e. The summed E-state index contributed by atoms with van der Waals surface area (Å²) in [5.74, 6) is -1.08. The number of carbonyl (C=O) groups is 2. The third-order valence-electron chi connectivity index (χ3n) is 3.32. The lowest BCUT2D eigenvalue weighted by atomic mass is 9.74. The van der Waals surface area contributed by atoms with Crippen molar-refractivity contribution in [3.8, 4) is 0 Å². The Morgan fingerprint density at radius 1 is 1.00 bits per heavy atom. The van der Waals surface area contributed by atoms with Crippen molar-refractivity contribution in [1.82, 2.24) is 0 Å². The first-order valence-corrected chi connectivity index (χ1v) is 6.91. The second-order valence-electron chi connectivity index (χ2n) is 5.95. The zero-order valence-corrected chi connectivity index (χ0v) is 13.2. The van der Waals surface area contributed by atoms with E-state index in [0.717, 1.165) is 0 Å². The third-order valence-corrected chi connectivity index (χ3v) is 3.32. The number of hydrogen-bond acceptors (Lipinski definition) is 6. The van der Waals surface area contributed by atoms with Crippen molar-refractivity contribution in [1.29, 1.82) is 0 Å². The molecule has 118 valence electrons. The summed E-state index contributed by atoms with van der Waals surface area (Å²) in [6.07, 6.45) is 0. The Labute approximate surface area is 129 Å². The van der Waals surface area contributed by atoms with Gasteiger partial charge in [-0.05, 0) is 23.7 Å². The van der Waals surface area contributed by atoms with Crippen molar-refractivity contribution in [3.05, 3.63) is 29.3 Å². The first kappa shape index (κ1) is 16.5. The summed E-state index contributed by atoms with van der Waals surface area (Å²) in [4.78, 5) is 23.5. The number of carbonyl (C=O) groups excluding carboxylic acids is 2. The van der Waals surface area contributed by atoms with Crippen molar-refractivity contribution < 1.29 is 28.4 Å². The van der Waals surface area contributed by atoms with Gasteiger partial charge in [-0.3, -0.25) is 0 Å². The Balaban J connectivity index is 2.34. The molecule has 1 aromatic rings. The second kappa shape index (κ2) is 6.50. The van der Waals surface area contributed by atoms with Gasteiger partial charge in [0.25, 0.3) is 0 Å². The summed E-state index contributed by atoms with van der Waals surface area (Å²) in [5, 5.41) is 0. The molecule has 22 heavy (non-hydrogen) atoms. The van der Waals surface area contributed by atoms with Crippen LogP contribution in [0.3, 0.4) is 0 Å². The van der Waals surface area contributed by atoms with Crippen molar-refractivity contribution in [2.24, 2.45) is 5.41 Å². The SMILES string of the molecule is COC(=O)c1cc(B2OCC(C)(C)CO2)cc(C(=O)OC)c1. The molecule has 0 unspecified atom stereocenters. The summed E-state index contributed by atoms with van der Waals surface area (Å²) in [7, 11) is 1.94. The Bertz CT molecular complexity index is 539. The van der Waals surface area contributed by atoms with E-state index in [1.54, 1.807) is 12.1 Å². The van der Waals surface area contributed by atoms with Crippen LogP contribution >= 0.6 is 0 Å². The first-order chi connectivity index (χ1) is 10.4. The van der Waals surface area contributed by atoms with Gasteiger partial charge in [-0.2, -0.15) is 0 Å². The van der Waals surface area contributed by atoms with Crippen LogP contribution in [0.5, 0.6) is 0 Å². The molecule has 0 aliphatic carbocycles. The van der Waals surface area contributed by atoms with Crippen molar-refractivity contribution in [2.45, 2.75) is 13.8 Å². The fourth-order valence-corrected chi connectivity index (χ4v) is 2.14. The number of benzene rings is 1. The maximum absolute atomic E-state index is 11.8. The molecule has 0 N–H and O–H groups in total. The van der Waals surface area contributed by atoms with Gasteiger partial charge in [-0.1, -0.05) is 13.8 Å². The molecule has 1 saturated heterocycles. The quantitative estimate of drug-likeness (QED) is 0.613. The summed E-state index contributed by atoms with van der Waals surface area (Å²) in [6.45, 7) is 5.11. The molecule has 0 radical (unpaired) electrons. The Kier molecular flexibility index (Phi) is 4.88. The van der Waals surface area contributed by atoms with Crippen LogP contribution in [-0.4, -0.2) is 46.5 Å². The Hall–Kier alpha value is -1.86. The van der Waals surface area contributed by atoms with E-state index in [0.29, 0.717) is 18.7 Å². The molecule has 1 aromatic carbocycles. The fraction of sp³-hybridized carbons (Fsp3) is 0.467. The topological polar surface area (TPSA) is 71.1 Å². The van der Waals surface area contributed by atoms with E-state index in [4.69, 9.17) is 18.8 Å². The van der Waals surface area contributed by atoms with Crippen molar-refractivity contribution >= 4 is 24.5 Å². The number of esters is 2. The molecule has 1 fully saturated rings. The standard InChI is InChI=1S/C15H19BO6/c1-15(2)8-21-16(22-9-15)12-6-10(13(17)19-3)5-11(7-12)14(18)20-4/h5-7H,8-9H2,1-4H3. The zero-order chi connectivity index (χ0) is 16.3. The predicted octanol–water partition coefficient (Wildman–Crippen LogP) is 1.03. The Morgan fingerprint density at radius 2 is 1.45 bits per heavy atom. The number of rotatable bonds is 3.